The zero-order chi connectivity index (χ0) is 22.1. The van der Waals surface area contributed by atoms with Gasteiger partial charge in [0.1, 0.15) is 12.4 Å². The van der Waals surface area contributed by atoms with Gasteiger partial charge in [-0.2, -0.15) is 5.10 Å². The molecule has 0 atom stereocenters. The molecule has 1 N–H and O–H groups in total. The molecule has 1 fully saturated rings. The van der Waals surface area contributed by atoms with Gasteiger partial charge in [0.25, 0.3) is 0 Å². The number of para-hydroxylation sites is 1. The number of hydrogen-bond donors (Lipinski definition) is 1. The molecule has 2 amide bonds. The standard InChI is InChI=1S/C25H31N5O2/c1-28-16-20(19-11-7-8-12-22(19)28)21-15-24-29(25(32)13-14-30(24)27-21)17-23(31)26-18-9-5-3-2-4-6-10-18/h7-8,11-12,15-16,18H,2-6,9-10,13-14,17H2,1H3,(H,26,31). The van der Waals surface area contributed by atoms with Gasteiger partial charge < -0.3 is 9.88 Å². The molecule has 2 aliphatic rings. The van der Waals surface area contributed by atoms with Crippen molar-refractivity contribution in [1.29, 1.82) is 0 Å². The fourth-order valence-corrected chi connectivity index (χ4v) is 5.12. The van der Waals surface area contributed by atoms with Crippen LogP contribution in [0.3, 0.4) is 0 Å². The van der Waals surface area contributed by atoms with Crippen LogP contribution in [0.4, 0.5) is 5.82 Å². The average molecular weight is 434 g/mol. The molecule has 7 nitrogen and oxygen atoms in total. The van der Waals surface area contributed by atoms with Crippen molar-refractivity contribution in [3.63, 3.8) is 0 Å². The van der Waals surface area contributed by atoms with Gasteiger partial charge in [0.15, 0.2) is 0 Å². The third-order valence-corrected chi connectivity index (χ3v) is 6.82. The van der Waals surface area contributed by atoms with Gasteiger partial charge in [0, 0.05) is 48.2 Å². The predicted octanol–water partition coefficient (Wildman–Crippen LogP) is 4.01. The molecule has 2 aromatic heterocycles. The van der Waals surface area contributed by atoms with E-state index in [9.17, 15) is 9.59 Å². The van der Waals surface area contributed by atoms with E-state index in [-0.39, 0.29) is 24.4 Å². The Morgan fingerprint density at radius 2 is 1.88 bits per heavy atom. The van der Waals surface area contributed by atoms with Crippen LogP contribution in [0, 0.1) is 0 Å². The molecule has 0 spiro atoms. The number of nitrogens with one attached hydrogen (secondary N) is 1. The molecule has 0 bridgehead atoms. The lowest BCUT2D eigenvalue weighted by Gasteiger charge is -2.28. The maximum absolute atomic E-state index is 12.8. The molecule has 0 unspecified atom stereocenters. The third-order valence-electron chi connectivity index (χ3n) is 6.82. The molecule has 1 aromatic carbocycles. The number of benzene rings is 1. The second-order valence-corrected chi connectivity index (χ2v) is 9.12. The highest BCUT2D eigenvalue weighted by molar-refractivity contribution is 6.00. The van der Waals surface area contributed by atoms with E-state index in [4.69, 9.17) is 5.10 Å². The molecule has 3 heterocycles. The van der Waals surface area contributed by atoms with Gasteiger partial charge in [-0.25, -0.2) is 4.68 Å². The summed E-state index contributed by atoms with van der Waals surface area (Å²) in [5.41, 5.74) is 3.01. The van der Waals surface area contributed by atoms with Crippen molar-refractivity contribution in [1.82, 2.24) is 19.7 Å². The smallest absolute Gasteiger partial charge is 0.240 e. The second kappa shape index (κ2) is 8.81. The van der Waals surface area contributed by atoms with Crippen LogP contribution in [-0.2, 0) is 23.2 Å². The van der Waals surface area contributed by atoms with Gasteiger partial charge in [0.05, 0.1) is 12.2 Å². The molecule has 3 aromatic rings. The molecule has 5 rings (SSSR count). The molecular weight excluding hydrogens is 402 g/mol. The lowest BCUT2D eigenvalue weighted by Crippen LogP contribution is -2.46. The summed E-state index contributed by atoms with van der Waals surface area (Å²) in [7, 11) is 2.03. The summed E-state index contributed by atoms with van der Waals surface area (Å²) >= 11 is 0. The van der Waals surface area contributed by atoms with Crippen LogP contribution >= 0.6 is 0 Å². The van der Waals surface area contributed by atoms with Crippen molar-refractivity contribution in [2.75, 3.05) is 11.4 Å². The molecule has 7 heteroatoms. The van der Waals surface area contributed by atoms with Crippen LogP contribution in [0.1, 0.15) is 51.4 Å². The van der Waals surface area contributed by atoms with Crippen LogP contribution in [0.25, 0.3) is 22.2 Å². The fourth-order valence-electron chi connectivity index (χ4n) is 5.12. The Morgan fingerprint density at radius 3 is 2.69 bits per heavy atom. The fraction of sp³-hybridized carbons (Fsp3) is 0.480. The van der Waals surface area contributed by atoms with Gasteiger partial charge in [-0.3, -0.25) is 14.5 Å². The van der Waals surface area contributed by atoms with E-state index in [2.05, 4.69) is 28.2 Å². The minimum Gasteiger partial charge on any atom is -0.352 e. The Labute approximate surface area is 188 Å². The van der Waals surface area contributed by atoms with Gasteiger partial charge in [-0.1, -0.05) is 50.3 Å². The summed E-state index contributed by atoms with van der Waals surface area (Å²) in [6.45, 7) is 0.593. The Balaban J connectivity index is 1.37. The normalized spacial score (nSPS) is 17.8. The highest BCUT2D eigenvalue weighted by Gasteiger charge is 2.29. The van der Waals surface area contributed by atoms with E-state index in [1.165, 1.54) is 19.3 Å². The Bertz CT molecular complexity index is 1140. The number of rotatable bonds is 4. The van der Waals surface area contributed by atoms with E-state index in [1.807, 2.05) is 29.9 Å². The molecule has 1 aliphatic heterocycles. The third kappa shape index (κ3) is 4.04. The number of anilines is 1. The number of carbonyl (C=O) groups is 2. The molecule has 168 valence electrons. The number of hydrogen-bond acceptors (Lipinski definition) is 3. The SMILES string of the molecule is Cn1cc(-c2cc3n(n2)CCC(=O)N3CC(=O)NC2CCCCCCC2)c2ccccc21. The predicted molar refractivity (Wildman–Crippen MR) is 125 cm³/mol. The number of fused-ring (bicyclic) bond motifs is 2. The second-order valence-electron chi connectivity index (χ2n) is 9.12. The van der Waals surface area contributed by atoms with Crippen LogP contribution in [0.2, 0.25) is 0 Å². The van der Waals surface area contributed by atoms with Gasteiger partial charge in [0.2, 0.25) is 11.8 Å². The van der Waals surface area contributed by atoms with Crippen LogP contribution in [-0.4, -0.2) is 38.7 Å². The number of aromatic nitrogens is 3. The minimum atomic E-state index is -0.0784. The number of nitrogens with zero attached hydrogens (tertiary/aromatic N) is 4. The first-order valence-corrected chi connectivity index (χ1v) is 11.8. The summed E-state index contributed by atoms with van der Waals surface area (Å²) in [6, 6.07) is 10.4. The van der Waals surface area contributed by atoms with Crippen molar-refractivity contribution >= 4 is 28.5 Å². The zero-order valence-corrected chi connectivity index (χ0v) is 18.7. The topological polar surface area (TPSA) is 72.2 Å². The summed E-state index contributed by atoms with van der Waals surface area (Å²) < 4.78 is 3.95. The first-order valence-electron chi connectivity index (χ1n) is 11.8. The largest absolute Gasteiger partial charge is 0.352 e. The van der Waals surface area contributed by atoms with Gasteiger partial charge in [-0.05, 0) is 18.9 Å². The van der Waals surface area contributed by atoms with Crippen molar-refractivity contribution in [2.24, 2.45) is 7.05 Å². The summed E-state index contributed by atoms with van der Waals surface area (Å²) in [6.07, 6.45) is 10.6. The minimum absolute atomic E-state index is 0.0188. The van der Waals surface area contributed by atoms with Crippen LogP contribution < -0.4 is 10.2 Å². The van der Waals surface area contributed by atoms with E-state index >= 15 is 0 Å². The lowest BCUT2D eigenvalue weighted by molar-refractivity contribution is -0.124. The summed E-state index contributed by atoms with van der Waals surface area (Å²) in [5, 5.41) is 9.11. The van der Waals surface area contributed by atoms with Crippen LogP contribution in [0.5, 0.6) is 0 Å². The number of aryl methyl sites for hydroxylation is 2. The molecular formula is C25H31N5O2. The average Bonchev–Trinajstić information content (AvgIpc) is 3.34. The highest BCUT2D eigenvalue weighted by Crippen LogP contribution is 2.33. The van der Waals surface area contributed by atoms with E-state index in [0.717, 1.165) is 47.8 Å². The molecule has 1 aliphatic carbocycles. The Kier molecular flexibility index (Phi) is 5.72. The van der Waals surface area contributed by atoms with Gasteiger partial charge in [-0.15, -0.1) is 0 Å². The lowest BCUT2D eigenvalue weighted by atomic mass is 9.97. The Morgan fingerprint density at radius 1 is 1.12 bits per heavy atom. The highest BCUT2D eigenvalue weighted by atomic mass is 16.2. The monoisotopic (exact) mass is 433 g/mol. The molecule has 0 radical (unpaired) electrons. The maximum atomic E-state index is 12.8. The van der Waals surface area contributed by atoms with Crippen molar-refractivity contribution in [3.8, 4) is 11.3 Å². The van der Waals surface area contributed by atoms with Crippen molar-refractivity contribution in [3.05, 3.63) is 36.5 Å². The number of carbonyl (C=O) groups excluding carboxylic acids is 2. The van der Waals surface area contributed by atoms with Crippen LogP contribution in [0.15, 0.2) is 36.5 Å². The summed E-state index contributed by atoms with van der Waals surface area (Å²) in [5.74, 6) is 0.608. The quantitative estimate of drug-likeness (QED) is 0.676. The van der Waals surface area contributed by atoms with E-state index in [1.54, 1.807) is 4.90 Å². The first kappa shape index (κ1) is 20.8. The van der Waals surface area contributed by atoms with Crippen molar-refractivity contribution in [2.45, 2.75) is 64.0 Å². The zero-order valence-electron chi connectivity index (χ0n) is 18.7. The molecule has 0 saturated heterocycles. The summed E-state index contributed by atoms with van der Waals surface area (Å²) in [4.78, 5) is 27.2. The van der Waals surface area contributed by atoms with Crippen molar-refractivity contribution < 1.29 is 9.59 Å². The number of amides is 2. The Hall–Kier alpha value is -3.09. The molecule has 32 heavy (non-hydrogen) atoms. The maximum Gasteiger partial charge on any atom is 0.240 e. The van der Waals surface area contributed by atoms with E-state index in [0.29, 0.717) is 18.8 Å². The van der Waals surface area contributed by atoms with E-state index < -0.39 is 0 Å². The first-order chi connectivity index (χ1) is 15.6. The molecule has 1 saturated carbocycles. The van der Waals surface area contributed by atoms with Gasteiger partial charge >= 0.3 is 0 Å².